The Morgan fingerprint density at radius 3 is 2.57 bits per heavy atom. The van der Waals surface area contributed by atoms with Crippen molar-refractivity contribution < 1.29 is 14.2 Å². The summed E-state index contributed by atoms with van der Waals surface area (Å²) in [5.74, 6) is 0.928. The van der Waals surface area contributed by atoms with Crippen molar-refractivity contribution >= 4 is 5.96 Å². The zero-order chi connectivity index (χ0) is 20.0. The van der Waals surface area contributed by atoms with E-state index in [2.05, 4.69) is 20.5 Å². The lowest BCUT2D eigenvalue weighted by molar-refractivity contribution is 0.114. The van der Waals surface area contributed by atoms with Crippen LogP contribution in [0.5, 0.6) is 5.75 Å². The maximum absolute atomic E-state index is 12.9. The third-order valence-corrected chi connectivity index (χ3v) is 4.70. The Labute approximate surface area is 168 Å². The molecule has 1 aromatic carbocycles. The van der Waals surface area contributed by atoms with Gasteiger partial charge in [-0.15, -0.1) is 0 Å². The summed E-state index contributed by atoms with van der Waals surface area (Å²) in [5.41, 5.74) is 0. The molecule has 1 fully saturated rings. The molecule has 6 nitrogen and oxygen atoms in total. The highest BCUT2D eigenvalue weighted by molar-refractivity contribution is 5.79. The first-order valence-electron chi connectivity index (χ1n) is 10.5. The van der Waals surface area contributed by atoms with E-state index in [9.17, 15) is 9.50 Å². The molecule has 1 atom stereocenters. The Morgan fingerprint density at radius 2 is 1.89 bits per heavy atom. The van der Waals surface area contributed by atoms with Gasteiger partial charge in [0.25, 0.3) is 0 Å². The summed E-state index contributed by atoms with van der Waals surface area (Å²) in [6.07, 6.45) is 5.70. The van der Waals surface area contributed by atoms with Crippen LogP contribution in [-0.2, 0) is 0 Å². The lowest BCUT2D eigenvalue weighted by atomic mass is 10.2. The minimum absolute atomic E-state index is 0.115. The zero-order valence-corrected chi connectivity index (χ0v) is 17.0. The molecule has 1 aliphatic heterocycles. The van der Waals surface area contributed by atoms with Crippen molar-refractivity contribution in [1.82, 2.24) is 15.5 Å². The van der Waals surface area contributed by atoms with Crippen LogP contribution in [0.1, 0.15) is 39.0 Å². The number of hydrogen-bond donors (Lipinski definition) is 3. The van der Waals surface area contributed by atoms with Gasteiger partial charge in [0.15, 0.2) is 5.96 Å². The molecule has 0 radical (unpaired) electrons. The Bertz CT molecular complexity index is 560. The Morgan fingerprint density at radius 1 is 1.18 bits per heavy atom. The number of hydrogen-bond acceptors (Lipinski definition) is 4. The Kier molecular flexibility index (Phi) is 10.7. The average Bonchev–Trinajstić information content (AvgIpc) is 2.97. The van der Waals surface area contributed by atoms with E-state index in [1.165, 1.54) is 50.9 Å². The molecule has 0 amide bonds. The summed E-state index contributed by atoms with van der Waals surface area (Å²) < 4.78 is 18.3. The number of aliphatic imine (C=N–C) groups is 1. The van der Waals surface area contributed by atoms with Crippen molar-refractivity contribution in [2.24, 2.45) is 4.99 Å². The van der Waals surface area contributed by atoms with Crippen LogP contribution in [-0.4, -0.2) is 67.9 Å². The topological polar surface area (TPSA) is 69.1 Å². The number of nitrogens with zero attached hydrogens (tertiary/aromatic N) is 2. The lowest BCUT2D eigenvalue weighted by Crippen LogP contribution is -2.39. The molecule has 28 heavy (non-hydrogen) atoms. The fraction of sp³-hybridized carbons (Fsp3) is 0.667. The predicted molar refractivity (Wildman–Crippen MR) is 111 cm³/mol. The lowest BCUT2D eigenvalue weighted by Gasteiger charge is -2.20. The zero-order valence-electron chi connectivity index (χ0n) is 17.0. The van der Waals surface area contributed by atoms with Gasteiger partial charge >= 0.3 is 0 Å². The van der Waals surface area contributed by atoms with Crippen LogP contribution < -0.4 is 15.4 Å². The van der Waals surface area contributed by atoms with Crippen LogP contribution in [0, 0.1) is 5.82 Å². The summed E-state index contributed by atoms with van der Waals surface area (Å²) in [5, 5.41) is 16.6. The molecule has 1 aromatic rings. The molecule has 3 N–H and O–H groups in total. The first-order chi connectivity index (χ1) is 13.7. The van der Waals surface area contributed by atoms with E-state index in [4.69, 9.17) is 4.74 Å². The largest absolute Gasteiger partial charge is 0.491 e. The predicted octanol–water partition coefficient (Wildman–Crippen LogP) is 2.39. The first kappa shape index (κ1) is 22.4. The summed E-state index contributed by atoms with van der Waals surface area (Å²) in [7, 11) is 0. The monoisotopic (exact) mass is 394 g/mol. The molecule has 7 heteroatoms. The van der Waals surface area contributed by atoms with E-state index < -0.39 is 6.10 Å². The molecule has 1 heterocycles. The van der Waals surface area contributed by atoms with Gasteiger partial charge in [-0.1, -0.05) is 12.8 Å². The minimum Gasteiger partial charge on any atom is -0.491 e. The van der Waals surface area contributed by atoms with Gasteiger partial charge < -0.3 is 25.4 Å². The van der Waals surface area contributed by atoms with E-state index in [1.807, 2.05) is 6.92 Å². The summed E-state index contributed by atoms with van der Waals surface area (Å²) in [6.45, 7) is 7.53. The van der Waals surface area contributed by atoms with Crippen molar-refractivity contribution in [3.8, 4) is 5.75 Å². The molecule has 1 aliphatic rings. The molecule has 0 aliphatic carbocycles. The molecular weight excluding hydrogens is 359 g/mol. The van der Waals surface area contributed by atoms with E-state index in [1.54, 1.807) is 12.1 Å². The van der Waals surface area contributed by atoms with Gasteiger partial charge in [-0.05, 0) is 70.1 Å². The van der Waals surface area contributed by atoms with Crippen molar-refractivity contribution in [3.05, 3.63) is 30.1 Å². The van der Waals surface area contributed by atoms with Crippen LogP contribution in [0.2, 0.25) is 0 Å². The standard InChI is InChI=1S/C21H35FN4O2/c1-2-23-21(24-12-7-15-26-13-5-3-4-6-14-26)25-16-19(27)17-28-20-10-8-18(22)9-11-20/h8-11,19,27H,2-7,12-17H2,1H3,(H2,23,24,25). The normalized spacial score (nSPS) is 17.0. The van der Waals surface area contributed by atoms with E-state index in [0.717, 1.165) is 26.1 Å². The van der Waals surface area contributed by atoms with Crippen molar-refractivity contribution in [1.29, 1.82) is 0 Å². The Balaban J connectivity index is 1.66. The molecular formula is C21H35FN4O2. The molecule has 158 valence electrons. The number of benzene rings is 1. The fourth-order valence-electron chi connectivity index (χ4n) is 3.18. The maximum atomic E-state index is 12.9. The number of likely N-dealkylation sites (tertiary alicyclic amines) is 1. The molecule has 0 aromatic heterocycles. The highest BCUT2D eigenvalue weighted by Crippen LogP contribution is 2.11. The van der Waals surface area contributed by atoms with Gasteiger partial charge in [0.1, 0.15) is 24.3 Å². The van der Waals surface area contributed by atoms with Gasteiger partial charge in [0, 0.05) is 13.1 Å². The summed E-state index contributed by atoms with van der Waals surface area (Å²) in [6, 6.07) is 5.75. The van der Waals surface area contributed by atoms with Gasteiger partial charge in [-0.25, -0.2) is 4.39 Å². The first-order valence-corrected chi connectivity index (χ1v) is 10.5. The number of ether oxygens (including phenoxy) is 1. The van der Waals surface area contributed by atoms with Crippen LogP contribution >= 0.6 is 0 Å². The molecule has 2 rings (SSSR count). The van der Waals surface area contributed by atoms with Gasteiger partial charge in [-0.3, -0.25) is 4.99 Å². The van der Waals surface area contributed by atoms with E-state index in [-0.39, 0.29) is 19.0 Å². The third kappa shape index (κ3) is 9.37. The van der Waals surface area contributed by atoms with Gasteiger partial charge in [0.2, 0.25) is 0 Å². The smallest absolute Gasteiger partial charge is 0.191 e. The highest BCUT2D eigenvalue weighted by atomic mass is 19.1. The average molecular weight is 395 g/mol. The number of guanidine groups is 1. The number of aliphatic hydroxyl groups excluding tert-OH is 1. The van der Waals surface area contributed by atoms with Gasteiger partial charge in [0.05, 0.1) is 6.54 Å². The van der Waals surface area contributed by atoms with Crippen LogP contribution in [0.25, 0.3) is 0 Å². The van der Waals surface area contributed by atoms with E-state index >= 15 is 0 Å². The van der Waals surface area contributed by atoms with Crippen LogP contribution in [0.4, 0.5) is 4.39 Å². The number of nitrogens with one attached hydrogen (secondary N) is 2. The summed E-state index contributed by atoms with van der Waals surface area (Å²) in [4.78, 5) is 6.98. The second-order valence-corrected chi connectivity index (χ2v) is 7.17. The van der Waals surface area contributed by atoms with Gasteiger partial charge in [-0.2, -0.15) is 0 Å². The molecule has 0 spiro atoms. The quantitative estimate of drug-likeness (QED) is 0.323. The molecule has 0 saturated carbocycles. The number of aliphatic hydroxyl groups is 1. The number of halogens is 1. The molecule has 0 bridgehead atoms. The second kappa shape index (κ2) is 13.3. The number of rotatable bonds is 10. The van der Waals surface area contributed by atoms with Crippen LogP contribution in [0.15, 0.2) is 29.3 Å². The fourth-order valence-corrected chi connectivity index (χ4v) is 3.18. The maximum Gasteiger partial charge on any atom is 0.191 e. The molecule has 1 unspecified atom stereocenters. The van der Waals surface area contributed by atoms with Crippen molar-refractivity contribution in [2.75, 3.05) is 45.9 Å². The van der Waals surface area contributed by atoms with E-state index in [0.29, 0.717) is 11.7 Å². The molecule has 1 saturated heterocycles. The van der Waals surface area contributed by atoms with Crippen LogP contribution in [0.3, 0.4) is 0 Å². The Hall–Kier alpha value is -1.86. The van der Waals surface area contributed by atoms with Crippen molar-refractivity contribution in [3.63, 3.8) is 0 Å². The van der Waals surface area contributed by atoms with Crippen molar-refractivity contribution in [2.45, 2.75) is 45.1 Å². The SMILES string of the molecule is CCNC(=NCC(O)COc1ccc(F)cc1)NCCCN1CCCCCC1. The summed E-state index contributed by atoms with van der Waals surface area (Å²) >= 11 is 0. The minimum atomic E-state index is -0.724. The second-order valence-electron chi connectivity index (χ2n) is 7.17. The highest BCUT2D eigenvalue weighted by Gasteiger charge is 2.09. The third-order valence-electron chi connectivity index (χ3n) is 4.70.